The quantitative estimate of drug-likeness (QED) is 0.755. The second kappa shape index (κ2) is 9.27. The molecule has 2 aliphatic heterocycles. The highest BCUT2D eigenvalue weighted by Gasteiger charge is 2.32. The molecule has 2 saturated heterocycles. The van der Waals surface area contributed by atoms with Gasteiger partial charge in [-0.3, -0.25) is 14.6 Å². The largest absolute Gasteiger partial charge is 0.489 e. The van der Waals surface area contributed by atoms with E-state index in [-0.39, 0.29) is 24.7 Å². The van der Waals surface area contributed by atoms with E-state index in [0.29, 0.717) is 12.3 Å². The predicted octanol–water partition coefficient (Wildman–Crippen LogP) is 1.71. The van der Waals surface area contributed by atoms with E-state index in [1.54, 1.807) is 6.07 Å². The first-order valence-corrected chi connectivity index (χ1v) is 10.1. The Morgan fingerprint density at radius 1 is 1.41 bits per heavy atom. The van der Waals surface area contributed by atoms with Crippen molar-refractivity contribution in [3.63, 3.8) is 0 Å². The van der Waals surface area contributed by atoms with Crippen molar-refractivity contribution in [1.29, 1.82) is 0 Å². The number of rotatable bonds is 7. The van der Waals surface area contributed by atoms with Crippen molar-refractivity contribution in [3.05, 3.63) is 24.0 Å². The second-order valence-corrected chi connectivity index (χ2v) is 7.70. The van der Waals surface area contributed by atoms with Crippen LogP contribution in [0.1, 0.15) is 6.92 Å². The van der Waals surface area contributed by atoms with E-state index in [0.717, 1.165) is 31.1 Å². The number of thioether (sulfide) groups is 1. The average Bonchev–Trinajstić information content (AvgIpc) is 3.03. The van der Waals surface area contributed by atoms with Crippen LogP contribution < -0.4 is 15.0 Å². The number of nitrogens with zero attached hydrogens (tertiary/aromatic N) is 2. The highest BCUT2D eigenvalue weighted by molar-refractivity contribution is 7.99. The van der Waals surface area contributed by atoms with E-state index in [1.165, 1.54) is 24.0 Å². The zero-order valence-electron chi connectivity index (χ0n) is 15.3. The molecular formula is C18H24FN3O4S. The van der Waals surface area contributed by atoms with Crippen molar-refractivity contribution in [2.45, 2.75) is 13.0 Å². The van der Waals surface area contributed by atoms with Crippen LogP contribution in [-0.4, -0.2) is 73.8 Å². The van der Waals surface area contributed by atoms with Crippen LogP contribution in [0.3, 0.4) is 0 Å². The Balaban J connectivity index is 1.52. The van der Waals surface area contributed by atoms with Gasteiger partial charge in [-0.2, -0.15) is 11.8 Å². The number of carbonyl (C=O) groups excluding carboxylic acids is 2. The number of ether oxygens (including phenoxy) is 2. The van der Waals surface area contributed by atoms with Crippen LogP contribution in [-0.2, 0) is 9.53 Å². The number of benzene rings is 1. The molecule has 1 aromatic rings. The maximum absolute atomic E-state index is 14.4. The van der Waals surface area contributed by atoms with Gasteiger partial charge in [0.15, 0.2) is 11.6 Å². The summed E-state index contributed by atoms with van der Waals surface area (Å²) in [5.74, 6) is 1.71. The summed E-state index contributed by atoms with van der Waals surface area (Å²) in [4.78, 5) is 26.6. The van der Waals surface area contributed by atoms with Gasteiger partial charge in [-0.1, -0.05) is 0 Å². The molecule has 2 fully saturated rings. The first-order valence-electron chi connectivity index (χ1n) is 8.98. The lowest BCUT2D eigenvalue weighted by atomic mass is 10.2. The van der Waals surface area contributed by atoms with Gasteiger partial charge in [0.05, 0.1) is 18.8 Å². The van der Waals surface area contributed by atoms with Gasteiger partial charge in [0.25, 0.3) is 0 Å². The summed E-state index contributed by atoms with van der Waals surface area (Å²) < 4.78 is 25.1. The molecule has 0 bridgehead atoms. The van der Waals surface area contributed by atoms with Gasteiger partial charge in [0.2, 0.25) is 5.91 Å². The normalized spacial score (nSPS) is 20.4. The van der Waals surface area contributed by atoms with Crippen LogP contribution in [0.15, 0.2) is 18.2 Å². The summed E-state index contributed by atoms with van der Waals surface area (Å²) in [6.07, 6.45) is -1.01. The Hall–Kier alpha value is -2.00. The molecule has 0 aromatic heterocycles. The van der Waals surface area contributed by atoms with Crippen LogP contribution >= 0.6 is 11.8 Å². The third-order valence-electron chi connectivity index (χ3n) is 4.45. The van der Waals surface area contributed by atoms with E-state index in [9.17, 15) is 14.0 Å². The van der Waals surface area contributed by atoms with Crippen molar-refractivity contribution in [2.75, 3.05) is 55.7 Å². The number of hydrogen-bond donors (Lipinski definition) is 1. The van der Waals surface area contributed by atoms with Gasteiger partial charge < -0.3 is 14.8 Å². The number of anilines is 1. The summed E-state index contributed by atoms with van der Waals surface area (Å²) in [5, 5.41) is 2.61. The zero-order valence-corrected chi connectivity index (χ0v) is 16.1. The molecule has 9 heteroatoms. The van der Waals surface area contributed by atoms with Crippen LogP contribution in [0.25, 0.3) is 0 Å². The number of hydrogen-bond acceptors (Lipinski definition) is 6. The minimum absolute atomic E-state index is 0.174. The topological polar surface area (TPSA) is 71.1 Å². The van der Waals surface area contributed by atoms with Crippen molar-refractivity contribution >= 4 is 29.4 Å². The molecule has 0 unspecified atom stereocenters. The fourth-order valence-corrected chi connectivity index (χ4v) is 3.96. The summed E-state index contributed by atoms with van der Waals surface area (Å²) in [7, 11) is 0. The zero-order chi connectivity index (χ0) is 19.2. The molecule has 3 rings (SSSR count). The van der Waals surface area contributed by atoms with E-state index >= 15 is 0 Å². The standard InChI is InChI=1S/C18H24FN3O4S/c1-13(23)20-11-15-12-22(18(24)26-15)14-2-3-17(16(19)10-14)25-7-4-21-5-8-27-9-6-21/h2-3,10,15H,4-9,11-12H2,1H3,(H,20,23)/t15-/m0/s1. The molecule has 1 aromatic carbocycles. The number of nitrogens with one attached hydrogen (secondary N) is 1. The van der Waals surface area contributed by atoms with Gasteiger partial charge in [0.1, 0.15) is 12.7 Å². The molecule has 0 aliphatic carbocycles. The van der Waals surface area contributed by atoms with Gasteiger partial charge in [-0.05, 0) is 12.1 Å². The SMILES string of the molecule is CC(=O)NC[C@H]1CN(c2ccc(OCCN3CCSCC3)c(F)c2)C(=O)O1. The van der Waals surface area contributed by atoms with Crippen LogP contribution in [0.5, 0.6) is 5.75 Å². The summed E-state index contributed by atoms with van der Waals surface area (Å²) in [6.45, 7) is 5.14. The van der Waals surface area contributed by atoms with E-state index in [1.807, 2.05) is 11.8 Å². The Morgan fingerprint density at radius 2 is 2.19 bits per heavy atom. The third kappa shape index (κ3) is 5.49. The van der Waals surface area contributed by atoms with Gasteiger partial charge in [-0.15, -0.1) is 0 Å². The van der Waals surface area contributed by atoms with Crippen molar-refractivity contribution in [2.24, 2.45) is 0 Å². The Morgan fingerprint density at radius 3 is 2.89 bits per heavy atom. The Labute approximate surface area is 162 Å². The molecular weight excluding hydrogens is 373 g/mol. The van der Waals surface area contributed by atoms with Crippen molar-refractivity contribution in [3.8, 4) is 5.75 Å². The van der Waals surface area contributed by atoms with Crippen LogP contribution in [0.4, 0.5) is 14.9 Å². The van der Waals surface area contributed by atoms with Gasteiger partial charge >= 0.3 is 6.09 Å². The average molecular weight is 397 g/mol. The Bertz CT molecular complexity index is 685. The molecule has 2 amide bonds. The second-order valence-electron chi connectivity index (χ2n) is 6.47. The van der Waals surface area contributed by atoms with Gasteiger partial charge in [-0.25, -0.2) is 9.18 Å². The smallest absolute Gasteiger partial charge is 0.414 e. The van der Waals surface area contributed by atoms with E-state index < -0.39 is 18.0 Å². The van der Waals surface area contributed by atoms with E-state index in [4.69, 9.17) is 9.47 Å². The lowest BCUT2D eigenvalue weighted by Gasteiger charge is -2.25. The molecule has 2 heterocycles. The maximum Gasteiger partial charge on any atom is 0.414 e. The number of carbonyl (C=O) groups is 2. The number of cyclic esters (lactones) is 1. The first kappa shape index (κ1) is 19.8. The molecule has 148 valence electrons. The minimum Gasteiger partial charge on any atom is -0.489 e. The predicted molar refractivity (Wildman–Crippen MR) is 102 cm³/mol. The van der Waals surface area contributed by atoms with E-state index in [2.05, 4.69) is 10.2 Å². The molecule has 1 atom stereocenters. The van der Waals surface area contributed by atoms with Crippen LogP contribution in [0, 0.1) is 5.82 Å². The van der Waals surface area contributed by atoms with Crippen molar-refractivity contribution in [1.82, 2.24) is 10.2 Å². The van der Waals surface area contributed by atoms with Gasteiger partial charge in [0, 0.05) is 44.1 Å². The molecule has 0 radical (unpaired) electrons. The molecule has 2 aliphatic rings. The molecule has 0 spiro atoms. The number of amides is 2. The molecule has 27 heavy (non-hydrogen) atoms. The molecule has 1 N–H and O–H groups in total. The molecule has 0 saturated carbocycles. The lowest BCUT2D eigenvalue weighted by molar-refractivity contribution is -0.119. The lowest BCUT2D eigenvalue weighted by Crippen LogP contribution is -2.35. The minimum atomic E-state index is -0.554. The number of halogens is 1. The maximum atomic E-state index is 14.4. The highest BCUT2D eigenvalue weighted by atomic mass is 32.2. The summed E-state index contributed by atoms with van der Waals surface area (Å²) in [5.41, 5.74) is 0.406. The highest BCUT2D eigenvalue weighted by Crippen LogP contribution is 2.27. The first-order chi connectivity index (χ1) is 13.0. The fourth-order valence-electron chi connectivity index (χ4n) is 2.98. The fraction of sp³-hybridized carbons (Fsp3) is 0.556. The summed E-state index contributed by atoms with van der Waals surface area (Å²) in [6, 6.07) is 4.44. The third-order valence-corrected chi connectivity index (χ3v) is 5.39. The molecule has 7 nitrogen and oxygen atoms in total. The van der Waals surface area contributed by atoms with Crippen LogP contribution in [0.2, 0.25) is 0 Å². The summed E-state index contributed by atoms with van der Waals surface area (Å²) >= 11 is 1.94. The Kier molecular flexibility index (Phi) is 6.78. The monoisotopic (exact) mass is 397 g/mol. The van der Waals surface area contributed by atoms with Crippen molar-refractivity contribution < 1.29 is 23.5 Å².